The van der Waals surface area contributed by atoms with Crippen LogP contribution in [0.15, 0.2) is 29.2 Å². The fraction of sp³-hybridized carbons (Fsp3) is 0.462. The summed E-state index contributed by atoms with van der Waals surface area (Å²) >= 11 is 5.73. The van der Waals surface area contributed by atoms with Crippen molar-refractivity contribution >= 4 is 39.9 Å². The molecular weight excluding hydrogens is 349 g/mol. The number of nitrogens with one attached hydrogen (secondary N) is 2. The van der Waals surface area contributed by atoms with E-state index in [2.05, 4.69) is 10.0 Å². The van der Waals surface area contributed by atoms with Crippen molar-refractivity contribution in [3.05, 3.63) is 29.3 Å². The molecule has 0 bridgehead atoms. The van der Waals surface area contributed by atoms with E-state index in [1.54, 1.807) is 14.1 Å². The lowest BCUT2D eigenvalue weighted by molar-refractivity contribution is -0.131. The Labute approximate surface area is 142 Å². The van der Waals surface area contributed by atoms with Gasteiger partial charge in [0.15, 0.2) is 0 Å². The smallest absolute Gasteiger partial charge is 0.241 e. The van der Waals surface area contributed by atoms with Gasteiger partial charge in [-0.3, -0.25) is 4.79 Å². The second-order valence-corrected chi connectivity index (χ2v) is 6.81. The standard InChI is InChI=1S/C13H20ClN3O3S.ClH/c1-10(13(18)17(3)9-8-15-2)16-21(19,20)12-6-4-11(14)5-7-12;/h4-7,10,15-16H,8-9H2,1-3H3;1H. The van der Waals surface area contributed by atoms with Gasteiger partial charge < -0.3 is 10.2 Å². The third-order valence-corrected chi connectivity index (χ3v) is 4.71. The van der Waals surface area contributed by atoms with Crippen LogP contribution in [0.2, 0.25) is 5.02 Å². The van der Waals surface area contributed by atoms with Gasteiger partial charge in [0.1, 0.15) is 0 Å². The zero-order valence-corrected chi connectivity index (χ0v) is 15.1. The minimum Gasteiger partial charge on any atom is -0.343 e. The quantitative estimate of drug-likeness (QED) is 0.754. The van der Waals surface area contributed by atoms with E-state index in [9.17, 15) is 13.2 Å². The number of benzene rings is 1. The Morgan fingerprint density at radius 3 is 2.36 bits per heavy atom. The van der Waals surface area contributed by atoms with Gasteiger partial charge in [0, 0.05) is 25.2 Å². The summed E-state index contributed by atoms with van der Waals surface area (Å²) in [5, 5.41) is 3.38. The largest absolute Gasteiger partial charge is 0.343 e. The summed E-state index contributed by atoms with van der Waals surface area (Å²) < 4.78 is 26.7. The molecule has 1 aromatic rings. The van der Waals surface area contributed by atoms with Gasteiger partial charge in [-0.05, 0) is 38.2 Å². The molecule has 22 heavy (non-hydrogen) atoms. The maximum atomic E-state index is 12.2. The highest BCUT2D eigenvalue weighted by Crippen LogP contribution is 2.14. The lowest BCUT2D eigenvalue weighted by Gasteiger charge is -2.22. The van der Waals surface area contributed by atoms with Crippen LogP contribution >= 0.6 is 24.0 Å². The zero-order chi connectivity index (χ0) is 16.0. The number of hydrogen-bond donors (Lipinski definition) is 2. The Balaban J connectivity index is 0.00000441. The molecule has 0 aromatic heterocycles. The number of amides is 1. The Kier molecular flexibility index (Phi) is 8.95. The normalized spacial score (nSPS) is 12.4. The predicted octanol–water partition coefficient (Wildman–Crippen LogP) is 1.11. The van der Waals surface area contributed by atoms with Crippen LogP contribution in [0.4, 0.5) is 0 Å². The second-order valence-electron chi connectivity index (χ2n) is 4.66. The molecular formula is C13H21Cl2N3O3S. The van der Waals surface area contributed by atoms with E-state index in [1.165, 1.54) is 36.1 Å². The number of halogens is 2. The van der Waals surface area contributed by atoms with Crippen molar-refractivity contribution in [1.29, 1.82) is 0 Å². The minimum absolute atomic E-state index is 0. The lowest BCUT2D eigenvalue weighted by Crippen LogP contribution is -2.46. The Bertz CT molecular complexity index is 579. The Morgan fingerprint density at radius 1 is 1.32 bits per heavy atom. The fourth-order valence-corrected chi connectivity index (χ4v) is 3.01. The first kappa shape index (κ1) is 21.1. The van der Waals surface area contributed by atoms with Crippen molar-refractivity contribution in [3.63, 3.8) is 0 Å². The SMILES string of the molecule is CNCCN(C)C(=O)C(C)NS(=O)(=O)c1ccc(Cl)cc1.Cl. The summed E-state index contributed by atoms with van der Waals surface area (Å²) in [6.07, 6.45) is 0. The molecule has 0 aliphatic heterocycles. The summed E-state index contributed by atoms with van der Waals surface area (Å²) in [6.45, 7) is 2.66. The van der Waals surface area contributed by atoms with Gasteiger partial charge in [-0.2, -0.15) is 4.72 Å². The van der Waals surface area contributed by atoms with E-state index < -0.39 is 16.1 Å². The number of nitrogens with zero attached hydrogens (tertiary/aromatic N) is 1. The zero-order valence-electron chi connectivity index (χ0n) is 12.7. The molecule has 0 fully saturated rings. The fourth-order valence-electron chi connectivity index (χ4n) is 1.69. The van der Waals surface area contributed by atoms with Crippen LogP contribution in [0.3, 0.4) is 0 Å². The Hall–Kier alpha value is -0.860. The molecule has 0 radical (unpaired) electrons. The highest BCUT2D eigenvalue weighted by Gasteiger charge is 2.24. The van der Waals surface area contributed by atoms with E-state index in [0.717, 1.165) is 0 Å². The first-order chi connectivity index (χ1) is 9.77. The molecule has 0 spiro atoms. The number of likely N-dealkylation sites (N-methyl/N-ethyl adjacent to an activating group) is 2. The van der Waals surface area contributed by atoms with Crippen molar-refractivity contribution in [2.24, 2.45) is 0 Å². The average Bonchev–Trinajstić information content (AvgIpc) is 2.43. The molecule has 0 saturated heterocycles. The number of rotatable bonds is 7. The van der Waals surface area contributed by atoms with Crippen LogP contribution in [-0.2, 0) is 14.8 Å². The van der Waals surface area contributed by atoms with Gasteiger partial charge in [-0.15, -0.1) is 12.4 Å². The van der Waals surface area contributed by atoms with Gasteiger partial charge in [-0.25, -0.2) is 8.42 Å². The second kappa shape index (κ2) is 9.32. The molecule has 1 atom stereocenters. The summed E-state index contributed by atoms with van der Waals surface area (Å²) in [5.74, 6) is -0.289. The summed E-state index contributed by atoms with van der Waals surface area (Å²) in [7, 11) is -0.333. The summed E-state index contributed by atoms with van der Waals surface area (Å²) in [5.41, 5.74) is 0. The third-order valence-electron chi connectivity index (χ3n) is 2.90. The van der Waals surface area contributed by atoms with E-state index in [0.29, 0.717) is 18.1 Å². The molecule has 9 heteroatoms. The van der Waals surface area contributed by atoms with Crippen molar-refractivity contribution in [1.82, 2.24) is 14.9 Å². The monoisotopic (exact) mass is 369 g/mol. The first-order valence-electron chi connectivity index (χ1n) is 6.45. The van der Waals surface area contributed by atoms with Crippen LogP contribution < -0.4 is 10.0 Å². The predicted molar refractivity (Wildman–Crippen MR) is 90.0 cm³/mol. The molecule has 1 unspecified atom stereocenters. The number of hydrogen-bond acceptors (Lipinski definition) is 4. The molecule has 0 heterocycles. The van der Waals surface area contributed by atoms with Crippen LogP contribution in [0, 0.1) is 0 Å². The molecule has 0 aliphatic carbocycles. The van der Waals surface area contributed by atoms with E-state index >= 15 is 0 Å². The maximum absolute atomic E-state index is 12.2. The van der Waals surface area contributed by atoms with Crippen LogP contribution in [0.25, 0.3) is 0 Å². The van der Waals surface area contributed by atoms with Crippen molar-refractivity contribution in [2.75, 3.05) is 27.2 Å². The van der Waals surface area contributed by atoms with Gasteiger partial charge in [0.2, 0.25) is 15.9 Å². The van der Waals surface area contributed by atoms with Crippen molar-refractivity contribution in [2.45, 2.75) is 17.9 Å². The highest BCUT2D eigenvalue weighted by molar-refractivity contribution is 7.89. The number of carbonyl (C=O) groups is 1. The third kappa shape index (κ3) is 6.10. The molecule has 1 amide bonds. The van der Waals surface area contributed by atoms with Crippen molar-refractivity contribution in [3.8, 4) is 0 Å². The summed E-state index contributed by atoms with van der Waals surface area (Å²) in [4.78, 5) is 13.6. The summed E-state index contributed by atoms with van der Waals surface area (Å²) in [6, 6.07) is 4.93. The first-order valence-corrected chi connectivity index (χ1v) is 8.31. The van der Waals surface area contributed by atoms with Crippen LogP contribution in [0.1, 0.15) is 6.92 Å². The van der Waals surface area contributed by atoms with E-state index in [4.69, 9.17) is 11.6 Å². The topological polar surface area (TPSA) is 78.5 Å². The molecule has 0 aliphatic rings. The molecule has 6 nitrogen and oxygen atoms in total. The lowest BCUT2D eigenvalue weighted by atomic mass is 10.3. The minimum atomic E-state index is -3.75. The Morgan fingerprint density at radius 2 is 1.86 bits per heavy atom. The van der Waals surface area contributed by atoms with Crippen LogP contribution in [-0.4, -0.2) is 52.5 Å². The highest BCUT2D eigenvalue weighted by atomic mass is 35.5. The van der Waals surface area contributed by atoms with E-state index in [1.807, 2.05) is 0 Å². The van der Waals surface area contributed by atoms with Gasteiger partial charge in [0.05, 0.1) is 10.9 Å². The number of sulfonamides is 1. The van der Waals surface area contributed by atoms with Gasteiger partial charge >= 0.3 is 0 Å². The molecule has 1 aromatic carbocycles. The van der Waals surface area contributed by atoms with Crippen molar-refractivity contribution < 1.29 is 13.2 Å². The molecule has 0 saturated carbocycles. The van der Waals surface area contributed by atoms with Crippen LogP contribution in [0.5, 0.6) is 0 Å². The van der Waals surface area contributed by atoms with Gasteiger partial charge in [0.25, 0.3) is 0 Å². The average molecular weight is 370 g/mol. The molecule has 2 N–H and O–H groups in total. The van der Waals surface area contributed by atoms with E-state index in [-0.39, 0.29) is 23.2 Å². The number of carbonyl (C=O) groups excluding carboxylic acids is 1. The molecule has 1 rings (SSSR count). The van der Waals surface area contributed by atoms with Gasteiger partial charge in [-0.1, -0.05) is 11.6 Å². The molecule has 126 valence electrons. The maximum Gasteiger partial charge on any atom is 0.241 e.